The number of benzene rings is 1. The fourth-order valence-corrected chi connectivity index (χ4v) is 1.33. The fourth-order valence-electron chi connectivity index (χ4n) is 0.866. The van der Waals surface area contributed by atoms with E-state index in [2.05, 4.69) is 20.9 Å². The summed E-state index contributed by atoms with van der Waals surface area (Å²) in [6.45, 7) is 1.48. The van der Waals surface area contributed by atoms with Crippen molar-refractivity contribution in [2.45, 2.75) is 6.92 Å². The zero-order chi connectivity index (χ0) is 9.84. The molecule has 0 saturated carbocycles. The molecule has 0 spiro atoms. The molecule has 0 aliphatic carbocycles. The van der Waals surface area contributed by atoms with Crippen molar-refractivity contribution in [2.75, 3.05) is 0 Å². The molecule has 13 heavy (non-hydrogen) atoms. The van der Waals surface area contributed by atoms with Crippen molar-refractivity contribution in [3.8, 4) is 0 Å². The summed E-state index contributed by atoms with van der Waals surface area (Å²) in [6, 6.07) is 4.83. The SMILES string of the molecule is CC(=O)c1ccc(N=C=O)c(Br)c1. The van der Waals surface area contributed by atoms with Gasteiger partial charge in [-0.1, -0.05) is 0 Å². The highest BCUT2D eigenvalue weighted by molar-refractivity contribution is 9.10. The molecular weight excluding hydrogens is 234 g/mol. The predicted octanol–water partition coefficient (Wildman–Crippen LogP) is 2.62. The van der Waals surface area contributed by atoms with E-state index < -0.39 is 0 Å². The van der Waals surface area contributed by atoms with Crippen LogP contribution in [0.4, 0.5) is 5.69 Å². The normalized spacial score (nSPS) is 9.08. The summed E-state index contributed by atoms with van der Waals surface area (Å²) in [6.07, 6.45) is 1.43. The molecule has 3 nitrogen and oxygen atoms in total. The molecule has 66 valence electrons. The van der Waals surface area contributed by atoms with Crippen LogP contribution in [-0.4, -0.2) is 11.9 Å². The molecule has 0 aliphatic heterocycles. The van der Waals surface area contributed by atoms with Crippen LogP contribution in [0.15, 0.2) is 27.7 Å². The van der Waals surface area contributed by atoms with E-state index in [1.54, 1.807) is 18.2 Å². The molecule has 0 heterocycles. The lowest BCUT2D eigenvalue weighted by Gasteiger charge is -1.98. The average Bonchev–Trinajstić information content (AvgIpc) is 2.08. The molecule has 1 aromatic carbocycles. The Hall–Kier alpha value is -1.25. The maximum Gasteiger partial charge on any atom is 0.240 e. The molecule has 0 aromatic heterocycles. The Kier molecular flexibility index (Phi) is 3.12. The van der Waals surface area contributed by atoms with E-state index in [0.717, 1.165) is 0 Å². The number of Topliss-reactive ketones (excluding diaryl/α,β-unsaturated/α-hetero) is 1. The molecule has 0 radical (unpaired) electrons. The van der Waals surface area contributed by atoms with Crippen LogP contribution in [0, 0.1) is 0 Å². The Morgan fingerprint density at radius 1 is 1.54 bits per heavy atom. The molecule has 0 saturated heterocycles. The molecular formula is C9H6BrNO2. The third-order valence-electron chi connectivity index (χ3n) is 1.52. The summed E-state index contributed by atoms with van der Waals surface area (Å²) in [5, 5.41) is 0. The average molecular weight is 240 g/mol. The monoisotopic (exact) mass is 239 g/mol. The minimum Gasteiger partial charge on any atom is -0.295 e. The third kappa shape index (κ3) is 2.34. The lowest BCUT2D eigenvalue weighted by Crippen LogP contribution is -1.90. The zero-order valence-corrected chi connectivity index (χ0v) is 8.46. The number of ketones is 1. The third-order valence-corrected chi connectivity index (χ3v) is 2.16. The number of isocyanates is 1. The summed E-state index contributed by atoms with van der Waals surface area (Å²) < 4.78 is 0.614. The van der Waals surface area contributed by atoms with Gasteiger partial charge in [0.2, 0.25) is 6.08 Å². The minimum atomic E-state index is -0.0256. The van der Waals surface area contributed by atoms with Gasteiger partial charge in [0, 0.05) is 10.0 Å². The first-order valence-corrected chi connectivity index (χ1v) is 4.33. The van der Waals surface area contributed by atoms with E-state index in [9.17, 15) is 9.59 Å². The molecule has 0 fully saturated rings. The van der Waals surface area contributed by atoms with E-state index >= 15 is 0 Å². The van der Waals surface area contributed by atoms with Crippen LogP contribution in [0.2, 0.25) is 0 Å². The number of hydrogen-bond donors (Lipinski definition) is 0. The van der Waals surface area contributed by atoms with Crippen molar-refractivity contribution in [3.63, 3.8) is 0 Å². The van der Waals surface area contributed by atoms with Gasteiger partial charge in [-0.15, -0.1) is 0 Å². The molecule has 4 heteroatoms. The topological polar surface area (TPSA) is 46.5 Å². The largest absolute Gasteiger partial charge is 0.295 e. The van der Waals surface area contributed by atoms with Crippen LogP contribution in [0.5, 0.6) is 0 Å². The van der Waals surface area contributed by atoms with Crippen LogP contribution < -0.4 is 0 Å². The number of rotatable bonds is 2. The fraction of sp³-hybridized carbons (Fsp3) is 0.111. The van der Waals surface area contributed by atoms with Gasteiger partial charge >= 0.3 is 0 Å². The van der Waals surface area contributed by atoms with Crippen molar-refractivity contribution in [1.82, 2.24) is 0 Å². The summed E-state index contributed by atoms with van der Waals surface area (Å²) in [4.78, 5) is 24.3. The lowest BCUT2D eigenvalue weighted by atomic mass is 10.1. The van der Waals surface area contributed by atoms with Crippen molar-refractivity contribution in [3.05, 3.63) is 28.2 Å². The standard InChI is InChI=1S/C9H6BrNO2/c1-6(13)7-2-3-9(11-5-12)8(10)4-7/h2-4H,1H3. The van der Waals surface area contributed by atoms with Crippen molar-refractivity contribution in [1.29, 1.82) is 0 Å². The Balaban J connectivity index is 3.19. The number of aliphatic imine (C=N–C) groups is 1. The number of nitrogens with zero attached hydrogens (tertiary/aromatic N) is 1. The predicted molar refractivity (Wildman–Crippen MR) is 51.9 cm³/mol. The molecule has 0 unspecified atom stereocenters. The van der Waals surface area contributed by atoms with Gasteiger partial charge in [-0.05, 0) is 41.1 Å². The summed E-state index contributed by atoms with van der Waals surface area (Å²) in [5.74, 6) is -0.0256. The molecule has 0 aliphatic rings. The van der Waals surface area contributed by atoms with E-state index in [1.165, 1.54) is 13.0 Å². The Bertz CT molecular complexity index is 395. The van der Waals surface area contributed by atoms with Gasteiger partial charge in [0.25, 0.3) is 0 Å². The zero-order valence-electron chi connectivity index (χ0n) is 6.87. The molecule has 0 N–H and O–H groups in total. The number of carbonyl (C=O) groups excluding carboxylic acids is 2. The van der Waals surface area contributed by atoms with Gasteiger partial charge in [-0.25, -0.2) is 4.79 Å². The van der Waals surface area contributed by atoms with E-state index in [1.807, 2.05) is 0 Å². The summed E-state index contributed by atoms with van der Waals surface area (Å²) in [7, 11) is 0. The highest BCUT2D eigenvalue weighted by atomic mass is 79.9. The molecule has 0 bridgehead atoms. The van der Waals surface area contributed by atoms with Gasteiger partial charge < -0.3 is 0 Å². The second kappa shape index (κ2) is 4.12. The van der Waals surface area contributed by atoms with Crippen LogP contribution in [0.3, 0.4) is 0 Å². The minimum absolute atomic E-state index is 0.0256. The first-order chi connectivity index (χ1) is 6.15. The van der Waals surface area contributed by atoms with Crippen LogP contribution in [0.25, 0.3) is 0 Å². The highest BCUT2D eigenvalue weighted by Crippen LogP contribution is 2.25. The molecule has 0 amide bonds. The second-order valence-corrected chi connectivity index (χ2v) is 3.28. The number of halogens is 1. The van der Waals surface area contributed by atoms with E-state index in [0.29, 0.717) is 15.7 Å². The van der Waals surface area contributed by atoms with E-state index in [-0.39, 0.29) is 5.78 Å². The maximum atomic E-state index is 10.9. The Labute approximate surface area is 83.6 Å². The molecule has 0 atom stereocenters. The first kappa shape index (κ1) is 9.84. The highest BCUT2D eigenvalue weighted by Gasteiger charge is 2.03. The number of carbonyl (C=O) groups is 1. The second-order valence-electron chi connectivity index (χ2n) is 2.43. The lowest BCUT2D eigenvalue weighted by molar-refractivity contribution is 0.101. The maximum absolute atomic E-state index is 10.9. The van der Waals surface area contributed by atoms with Crippen molar-refractivity contribution in [2.24, 2.45) is 4.99 Å². The Morgan fingerprint density at radius 3 is 2.69 bits per heavy atom. The van der Waals surface area contributed by atoms with Crippen LogP contribution in [-0.2, 0) is 4.79 Å². The molecule has 1 rings (SSSR count). The van der Waals surface area contributed by atoms with Gasteiger partial charge in [-0.3, -0.25) is 4.79 Å². The number of hydrogen-bond acceptors (Lipinski definition) is 3. The quantitative estimate of drug-likeness (QED) is 0.453. The Morgan fingerprint density at radius 2 is 2.23 bits per heavy atom. The van der Waals surface area contributed by atoms with Crippen molar-refractivity contribution < 1.29 is 9.59 Å². The first-order valence-electron chi connectivity index (χ1n) is 3.53. The van der Waals surface area contributed by atoms with Gasteiger partial charge in [0.15, 0.2) is 5.78 Å². The van der Waals surface area contributed by atoms with Gasteiger partial charge in [0.1, 0.15) is 0 Å². The van der Waals surface area contributed by atoms with Crippen LogP contribution in [0.1, 0.15) is 17.3 Å². The van der Waals surface area contributed by atoms with E-state index in [4.69, 9.17) is 0 Å². The molecule has 1 aromatic rings. The summed E-state index contributed by atoms with van der Waals surface area (Å²) >= 11 is 3.19. The smallest absolute Gasteiger partial charge is 0.240 e. The van der Waals surface area contributed by atoms with Gasteiger partial charge in [0.05, 0.1) is 5.69 Å². The van der Waals surface area contributed by atoms with Crippen molar-refractivity contribution >= 4 is 33.5 Å². The van der Waals surface area contributed by atoms with Crippen LogP contribution >= 0.6 is 15.9 Å². The van der Waals surface area contributed by atoms with Gasteiger partial charge in [-0.2, -0.15) is 4.99 Å². The summed E-state index contributed by atoms with van der Waals surface area (Å²) in [5.41, 5.74) is 1.05.